The minimum Gasteiger partial charge on any atom is -0.228 e. The first kappa shape index (κ1) is 13.3. The molecule has 5 heteroatoms. The number of hydrogen-bond donors (Lipinski definition) is 0. The summed E-state index contributed by atoms with van der Waals surface area (Å²) in [5, 5.41) is 1.27. The van der Waals surface area contributed by atoms with Crippen LogP contribution in [0, 0.1) is 12.7 Å². The van der Waals surface area contributed by atoms with Crippen molar-refractivity contribution in [3.8, 4) is 11.4 Å². The minimum atomic E-state index is -0.373. The quantitative estimate of drug-likeness (QED) is 0.588. The molecule has 0 amide bonds. The summed E-state index contributed by atoms with van der Waals surface area (Å²) in [5.41, 5.74) is 1.74. The molecule has 1 heterocycles. The second-order valence-corrected chi connectivity index (χ2v) is 5.22. The molecule has 2 aromatic carbocycles. The smallest absolute Gasteiger partial charge is 0.164 e. The van der Waals surface area contributed by atoms with Crippen molar-refractivity contribution >= 4 is 34.1 Å². The van der Waals surface area contributed by atoms with Crippen LogP contribution >= 0.6 is 23.2 Å². The molecule has 1 aromatic heterocycles. The number of halogens is 3. The first-order valence-corrected chi connectivity index (χ1v) is 6.70. The molecule has 0 N–H and O–H groups in total. The molecule has 2 nitrogen and oxygen atoms in total. The van der Waals surface area contributed by atoms with Crippen molar-refractivity contribution in [3.63, 3.8) is 0 Å². The standard InChI is InChI=1S/C15H9Cl2FN2/c1-8-5-6-9(11(18)7-8)15-19-12-4-2-3-10(16)13(12)14(17)20-15/h2-7H,1H3. The molecule has 0 unspecified atom stereocenters. The van der Waals surface area contributed by atoms with Crippen molar-refractivity contribution < 1.29 is 4.39 Å². The van der Waals surface area contributed by atoms with Crippen LogP contribution in [0.1, 0.15) is 5.56 Å². The van der Waals surface area contributed by atoms with Crippen LogP contribution in [0.25, 0.3) is 22.3 Å². The van der Waals surface area contributed by atoms with Crippen LogP contribution in [0.2, 0.25) is 10.2 Å². The van der Waals surface area contributed by atoms with E-state index in [2.05, 4.69) is 9.97 Å². The molecule has 0 saturated carbocycles. The average Bonchev–Trinajstić information content (AvgIpc) is 2.38. The van der Waals surface area contributed by atoms with E-state index < -0.39 is 0 Å². The number of aromatic nitrogens is 2. The normalized spacial score (nSPS) is 11.0. The Kier molecular flexibility index (Phi) is 3.32. The Labute approximate surface area is 125 Å². The molecule has 20 heavy (non-hydrogen) atoms. The Bertz CT molecular complexity index is 818. The fourth-order valence-corrected chi connectivity index (χ4v) is 2.61. The molecule has 0 fully saturated rings. The molecule has 0 spiro atoms. The summed E-state index contributed by atoms with van der Waals surface area (Å²) in [5.74, 6) is -0.121. The van der Waals surface area contributed by atoms with Crippen molar-refractivity contribution in [2.75, 3.05) is 0 Å². The highest BCUT2D eigenvalue weighted by atomic mass is 35.5. The van der Waals surface area contributed by atoms with Crippen molar-refractivity contribution in [1.29, 1.82) is 0 Å². The molecule has 3 rings (SSSR count). The van der Waals surface area contributed by atoms with Crippen molar-refractivity contribution in [2.45, 2.75) is 6.92 Å². The zero-order valence-electron chi connectivity index (χ0n) is 10.5. The highest BCUT2D eigenvalue weighted by Gasteiger charge is 2.13. The molecule has 0 aliphatic carbocycles. The number of nitrogens with zero attached hydrogens (tertiary/aromatic N) is 2. The summed E-state index contributed by atoms with van der Waals surface area (Å²) in [6.07, 6.45) is 0. The van der Waals surface area contributed by atoms with Crippen LogP contribution in [0.3, 0.4) is 0 Å². The third-order valence-electron chi connectivity index (χ3n) is 2.99. The molecule has 0 aliphatic heterocycles. The van der Waals surface area contributed by atoms with E-state index in [0.717, 1.165) is 5.56 Å². The largest absolute Gasteiger partial charge is 0.228 e. The lowest BCUT2D eigenvalue weighted by molar-refractivity contribution is 0.629. The molecule has 0 atom stereocenters. The number of fused-ring (bicyclic) bond motifs is 1. The second kappa shape index (κ2) is 5.00. The topological polar surface area (TPSA) is 25.8 Å². The number of rotatable bonds is 1. The fraction of sp³-hybridized carbons (Fsp3) is 0.0667. The van der Waals surface area contributed by atoms with Gasteiger partial charge in [0.2, 0.25) is 0 Å². The summed E-state index contributed by atoms with van der Waals surface area (Å²) < 4.78 is 14.0. The predicted molar refractivity (Wildman–Crippen MR) is 79.7 cm³/mol. The van der Waals surface area contributed by atoms with Gasteiger partial charge in [0.1, 0.15) is 11.0 Å². The monoisotopic (exact) mass is 306 g/mol. The highest BCUT2D eigenvalue weighted by Crippen LogP contribution is 2.30. The number of aryl methyl sites for hydroxylation is 1. The highest BCUT2D eigenvalue weighted by molar-refractivity contribution is 6.41. The molecule has 100 valence electrons. The first-order chi connectivity index (χ1) is 9.56. The van der Waals surface area contributed by atoms with Gasteiger partial charge in [-0.3, -0.25) is 0 Å². The Balaban J connectivity index is 2.28. The Morgan fingerprint density at radius 2 is 1.85 bits per heavy atom. The first-order valence-electron chi connectivity index (χ1n) is 5.94. The van der Waals surface area contributed by atoms with E-state index in [9.17, 15) is 4.39 Å². The fourth-order valence-electron chi connectivity index (χ4n) is 2.02. The van der Waals surface area contributed by atoms with Crippen molar-refractivity contribution in [1.82, 2.24) is 9.97 Å². The zero-order chi connectivity index (χ0) is 14.3. The van der Waals surface area contributed by atoms with Gasteiger partial charge in [-0.25, -0.2) is 14.4 Å². The zero-order valence-corrected chi connectivity index (χ0v) is 12.0. The summed E-state index contributed by atoms with van der Waals surface area (Å²) >= 11 is 12.2. The maximum absolute atomic E-state index is 14.0. The van der Waals surface area contributed by atoms with Gasteiger partial charge in [0.05, 0.1) is 21.5 Å². The van der Waals surface area contributed by atoms with E-state index >= 15 is 0 Å². The summed E-state index contributed by atoms with van der Waals surface area (Å²) in [6, 6.07) is 10.1. The van der Waals surface area contributed by atoms with Gasteiger partial charge in [-0.05, 0) is 36.8 Å². The summed E-state index contributed by atoms with van der Waals surface area (Å²) in [4.78, 5) is 8.49. The van der Waals surface area contributed by atoms with Gasteiger partial charge < -0.3 is 0 Å². The molecule has 0 aliphatic rings. The maximum atomic E-state index is 14.0. The Hall–Kier alpha value is -1.71. The third-order valence-corrected chi connectivity index (χ3v) is 3.58. The van der Waals surface area contributed by atoms with Crippen LogP contribution in [0.5, 0.6) is 0 Å². The molecular formula is C15H9Cl2FN2. The van der Waals surface area contributed by atoms with E-state index in [0.29, 0.717) is 21.5 Å². The summed E-state index contributed by atoms with van der Waals surface area (Å²) in [6.45, 7) is 1.82. The van der Waals surface area contributed by atoms with Crippen LogP contribution in [0.15, 0.2) is 36.4 Å². The van der Waals surface area contributed by atoms with Crippen LogP contribution in [-0.2, 0) is 0 Å². The van der Waals surface area contributed by atoms with Gasteiger partial charge in [-0.15, -0.1) is 0 Å². The van der Waals surface area contributed by atoms with Crippen molar-refractivity contribution in [2.24, 2.45) is 0 Å². The molecule has 0 bridgehead atoms. The predicted octanol–water partition coefficient (Wildman–Crippen LogP) is 5.05. The van der Waals surface area contributed by atoms with E-state index in [1.54, 1.807) is 30.3 Å². The molecule has 3 aromatic rings. The van der Waals surface area contributed by atoms with Gasteiger partial charge in [-0.2, -0.15) is 0 Å². The Morgan fingerprint density at radius 1 is 1.05 bits per heavy atom. The maximum Gasteiger partial charge on any atom is 0.164 e. The van der Waals surface area contributed by atoms with E-state index in [-0.39, 0.29) is 16.8 Å². The third kappa shape index (κ3) is 2.23. The van der Waals surface area contributed by atoms with Gasteiger partial charge in [0, 0.05) is 0 Å². The number of benzene rings is 2. The van der Waals surface area contributed by atoms with Crippen LogP contribution in [0.4, 0.5) is 4.39 Å². The van der Waals surface area contributed by atoms with Crippen molar-refractivity contribution in [3.05, 3.63) is 58.0 Å². The SMILES string of the molecule is Cc1ccc(-c2nc(Cl)c3c(Cl)cccc3n2)c(F)c1. The van der Waals surface area contributed by atoms with Gasteiger partial charge in [0.15, 0.2) is 5.82 Å². The van der Waals surface area contributed by atoms with E-state index in [4.69, 9.17) is 23.2 Å². The molecule has 0 radical (unpaired) electrons. The lowest BCUT2D eigenvalue weighted by atomic mass is 10.1. The van der Waals surface area contributed by atoms with Gasteiger partial charge in [0.25, 0.3) is 0 Å². The molecule has 0 saturated heterocycles. The molecular weight excluding hydrogens is 298 g/mol. The van der Waals surface area contributed by atoms with Crippen LogP contribution in [-0.4, -0.2) is 9.97 Å². The lowest BCUT2D eigenvalue weighted by Crippen LogP contribution is -1.95. The van der Waals surface area contributed by atoms with Gasteiger partial charge >= 0.3 is 0 Å². The Morgan fingerprint density at radius 3 is 2.60 bits per heavy atom. The van der Waals surface area contributed by atoms with E-state index in [1.807, 2.05) is 6.92 Å². The van der Waals surface area contributed by atoms with Crippen LogP contribution < -0.4 is 0 Å². The minimum absolute atomic E-state index is 0.218. The number of hydrogen-bond acceptors (Lipinski definition) is 2. The average molecular weight is 307 g/mol. The summed E-state index contributed by atoms with van der Waals surface area (Å²) in [7, 11) is 0. The second-order valence-electron chi connectivity index (χ2n) is 4.46. The van der Waals surface area contributed by atoms with Gasteiger partial charge in [-0.1, -0.05) is 35.3 Å². The van der Waals surface area contributed by atoms with E-state index in [1.165, 1.54) is 6.07 Å². The lowest BCUT2D eigenvalue weighted by Gasteiger charge is -2.07.